The summed E-state index contributed by atoms with van der Waals surface area (Å²) in [6.45, 7) is 12.9. The Hall–Kier alpha value is -2.64. The Morgan fingerprint density at radius 3 is 2.42 bits per heavy atom. The molecule has 4 rings (SSSR count). The first-order valence-electron chi connectivity index (χ1n) is 11.7. The van der Waals surface area contributed by atoms with E-state index in [0.29, 0.717) is 6.42 Å². The number of amides is 1. The number of benzene rings is 2. The van der Waals surface area contributed by atoms with Gasteiger partial charge in [-0.05, 0) is 44.5 Å². The van der Waals surface area contributed by atoms with Crippen molar-refractivity contribution in [3.8, 4) is 5.69 Å². The van der Waals surface area contributed by atoms with Gasteiger partial charge in [0.1, 0.15) is 5.82 Å². The van der Waals surface area contributed by atoms with E-state index in [1.165, 1.54) is 28.5 Å². The van der Waals surface area contributed by atoms with Crippen LogP contribution in [0.3, 0.4) is 0 Å². The first-order valence-corrected chi connectivity index (χ1v) is 12.6. The van der Waals surface area contributed by atoms with Crippen LogP contribution in [0.4, 0.5) is 0 Å². The van der Waals surface area contributed by atoms with Gasteiger partial charge >= 0.3 is 0 Å². The Kier molecular flexibility index (Phi) is 7.50. The second-order valence-electron chi connectivity index (χ2n) is 8.71. The molecule has 0 bridgehead atoms. The van der Waals surface area contributed by atoms with E-state index < -0.39 is 0 Å². The van der Waals surface area contributed by atoms with Gasteiger partial charge in [0.05, 0.1) is 10.9 Å². The summed E-state index contributed by atoms with van der Waals surface area (Å²) in [6.07, 6.45) is 0.684. The fourth-order valence-corrected chi connectivity index (χ4v) is 5.28. The van der Waals surface area contributed by atoms with Gasteiger partial charge in [-0.2, -0.15) is 0 Å². The van der Waals surface area contributed by atoms with Gasteiger partial charge in [-0.15, -0.1) is 10.2 Å². The molecule has 0 radical (unpaired) electrons. The highest BCUT2D eigenvalue weighted by atomic mass is 32.2. The quantitative estimate of drug-likeness (QED) is 0.494. The topological polar surface area (TPSA) is 54.3 Å². The van der Waals surface area contributed by atoms with Crippen LogP contribution in [0.2, 0.25) is 0 Å². The maximum atomic E-state index is 13.2. The van der Waals surface area contributed by atoms with E-state index in [9.17, 15) is 4.79 Å². The summed E-state index contributed by atoms with van der Waals surface area (Å²) in [5.74, 6) is 1.06. The molecular weight excluding hydrogens is 430 g/mol. The second-order valence-corrected chi connectivity index (χ2v) is 10.0. The number of hydrogen-bond acceptors (Lipinski definition) is 5. The number of likely N-dealkylation sites (N-methyl/N-ethyl adjacent to an activating group) is 1. The van der Waals surface area contributed by atoms with Crippen molar-refractivity contribution in [1.82, 2.24) is 24.6 Å². The Balaban J connectivity index is 1.60. The molecule has 0 N–H and O–H groups in total. The van der Waals surface area contributed by atoms with Crippen molar-refractivity contribution in [1.29, 1.82) is 0 Å². The standard InChI is InChI=1S/C26H33N5OS/c1-5-29-13-15-30(16-14-29)25(32)21(4)33-26-28-27-24(18-22-9-7-6-8-10-22)31(26)23-12-11-19(2)17-20(23)3/h6-12,17,21H,5,13-16,18H2,1-4H3. The maximum Gasteiger partial charge on any atom is 0.235 e. The van der Waals surface area contributed by atoms with E-state index in [1.54, 1.807) is 0 Å². The van der Waals surface area contributed by atoms with Crippen LogP contribution in [0.5, 0.6) is 0 Å². The van der Waals surface area contributed by atoms with Gasteiger partial charge in [0.2, 0.25) is 5.91 Å². The number of carbonyl (C=O) groups excluding carboxylic acids is 1. The number of nitrogens with zero attached hydrogens (tertiary/aromatic N) is 5. The summed E-state index contributed by atoms with van der Waals surface area (Å²) in [6, 6.07) is 16.7. The van der Waals surface area contributed by atoms with E-state index in [-0.39, 0.29) is 11.2 Å². The molecule has 1 aromatic heterocycles. The van der Waals surface area contributed by atoms with E-state index in [1.807, 2.05) is 30.0 Å². The van der Waals surface area contributed by atoms with Crippen LogP contribution in [0.1, 0.15) is 36.4 Å². The molecule has 1 aliphatic heterocycles. The highest BCUT2D eigenvalue weighted by Gasteiger charge is 2.27. The minimum absolute atomic E-state index is 0.176. The minimum Gasteiger partial charge on any atom is -0.339 e. The van der Waals surface area contributed by atoms with E-state index in [0.717, 1.165) is 49.4 Å². The molecule has 0 spiro atoms. The molecule has 174 valence electrons. The largest absolute Gasteiger partial charge is 0.339 e. The molecule has 1 fully saturated rings. The SMILES string of the molecule is CCN1CCN(C(=O)C(C)Sc2nnc(Cc3ccccc3)n2-c2ccc(C)cc2C)CC1. The van der Waals surface area contributed by atoms with Crippen molar-refractivity contribution in [2.24, 2.45) is 0 Å². The first-order chi connectivity index (χ1) is 16.0. The van der Waals surface area contributed by atoms with Gasteiger partial charge in [0.15, 0.2) is 5.16 Å². The molecule has 1 aliphatic rings. The number of carbonyl (C=O) groups is 1. The van der Waals surface area contributed by atoms with Gasteiger partial charge < -0.3 is 9.80 Å². The molecule has 1 atom stereocenters. The van der Waals surface area contributed by atoms with Gasteiger partial charge in [-0.1, -0.05) is 66.7 Å². The van der Waals surface area contributed by atoms with Crippen LogP contribution in [-0.2, 0) is 11.2 Å². The summed E-state index contributed by atoms with van der Waals surface area (Å²) >= 11 is 1.50. The molecule has 2 heterocycles. The van der Waals surface area contributed by atoms with Crippen LogP contribution < -0.4 is 0 Å². The monoisotopic (exact) mass is 463 g/mol. The lowest BCUT2D eigenvalue weighted by Crippen LogP contribution is -2.50. The van der Waals surface area contributed by atoms with E-state index >= 15 is 0 Å². The second kappa shape index (κ2) is 10.5. The van der Waals surface area contributed by atoms with Crippen LogP contribution in [0.25, 0.3) is 5.69 Å². The van der Waals surface area contributed by atoms with Crippen LogP contribution in [0, 0.1) is 13.8 Å². The number of rotatable bonds is 7. The summed E-state index contributed by atoms with van der Waals surface area (Å²) in [5, 5.41) is 9.64. The summed E-state index contributed by atoms with van der Waals surface area (Å²) in [5.41, 5.74) is 4.64. The van der Waals surface area contributed by atoms with Gasteiger partial charge in [0, 0.05) is 32.6 Å². The zero-order chi connectivity index (χ0) is 23.4. The Labute approximate surface area is 201 Å². The molecule has 1 saturated heterocycles. The van der Waals surface area contributed by atoms with Gasteiger partial charge in [0.25, 0.3) is 0 Å². The zero-order valence-electron chi connectivity index (χ0n) is 20.0. The zero-order valence-corrected chi connectivity index (χ0v) is 20.8. The predicted molar refractivity (Wildman–Crippen MR) is 134 cm³/mol. The lowest BCUT2D eigenvalue weighted by Gasteiger charge is -2.35. The molecule has 6 nitrogen and oxygen atoms in total. The number of aromatic nitrogens is 3. The Morgan fingerprint density at radius 2 is 1.76 bits per heavy atom. The first kappa shape index (κ1) is 23.5. The summed E-state index contributed by atoms with van der Waals surface area (Å²) in [4.78, 5) is 17.6. The van der Waals surface area contributed by atoms with Crippen LogP contribution in [-0.4, -0.2) is 68.4 Å². The van der Waals surface area contributed by atoms with Crippen LogP contribution >= 0.6 is 11.8 Å². The van der Waals surface area contributed by atoms with Crippen LogP contribution in [0.15, 0.2) is 53.7 Å². The smallest absolute Gasteiger partial charge is 0.235 e. The van der Waals surface area contributed by atoms with Gasteiger partial charge in [-0.25, -0.2) is 0 Å². The van der Waals surface area contributed by atoms with E-state index in [4.69, 9.17) is 0 Å². The third-order valence-electron chi connectivity index (χ3n) is 6.26. The molecule has 0 saturated carbocycles. The molecule has 3 aromatic rings. The number of piperazine rings is 1. The molecule has 33 heavy (non-hydrogen) atoms. The number of aryl methyl sites for hydroxylation is 2. The number of hydrogen-bond donors (Lipinski definition) is 0. The average Bonchev–Trinajstić information content (AvgIpc) is 3.20. The van der Waals surface area contributed by atoms with Crippen molar-refractivity contribution in [2.75, 3.05) is 32.7 Å². The predicted octanol–water partition coefficient (Wildman–Crippen LogP) is 4.12. The van der Waals surface area contributed by atoms with Crippen molar-refractivity contribution in [3.05, 3.63) is 71.0 Å². The number of thioether (sulfide) groups is 1. The fourth-order valence-electron chi connectivity index (χ4n) is 4.32. The fraction of sp³-hybridized carbons (Fsp3) is 0.423. The third-order valence-corrected chi connectivity index (χ3v) is 7.29. The highest BCUT2D eigenvalue weighted by molar-refractivity contribution is 8.00. The van der Waals surface area contributed by atoms with Crippen molar-refractivity contribution >= 4 is 17.7 Å². The molecule has 2 aromatic carbocycles. The highest BCUT2D eigenvalue weighted by Crippen LogP contribution is 2.29. The normalized spacial score (nSPS) is 15.6. The van der Waals surface area contributed by atoms with Gasteiger partial charge in [-0.3, -0.25) is 9.36 Å². The van der Waals surface area contributed by atoms with Crippen molar-refractivity contribution < 1.29 is 4.79 Å². The summed E-state index contributed by atoms with van der Waals surface area (Å²) in [7, 11) is 0. The summed E-state index contributed by atoms with van der Waals surface area (Å²) < 4.78 is 2.13. The minimum atomic E-state index is -0.226. The lowest BCUT2D eigenvalue weighted by molar-refractivity contribution is -0.132. The van der Waals surface area contributed by atoms with Crippen molar-refractivity contribution in [3.63, 3.8) is 0 Å². The Morgan fingerprint density at radius 1 is 1.03 bits per heavy atom. The molecule has 7 heteroatoms. The molecular formula is C26H33N5OS. The van der Waals surface area contributed by atoms with Crippen molar-refractivity contribution in [2.45, 2.75) is 44.5 Å². The lowest BCUT2D eigenvalue weighted by atomic mass is 10.1. The van der Waals surface area contributed by atoms with E-state index in [2.05, 4.69) is 70.8 Å². The Bertz CT molecular complexity index is 1090. The third kappa shape index (κ3) is 5.47. The molecule has 0 aliphatic carbocycles. The molecule has 1 amide bonds. The molecule has 1 unspecified atom stereocenters. The average molecular weight is 464 g/mol. The maximum absolute atomic E-state index is 13.2.